The molecule has 0 amide bonds. The van der Waals surface area contributed by atoms with Crippen molar-refractivity contribution in [3.63, 3.8) is 0 Å². The SMILES string of the molecule is O=C(O)c1ccc(OCC2CC2)c(C23CC4CC(CC(C4)C2)C3)c1C#Cc1ccccc1. The first-order valence-corrected chi connectivity index (χ1v) is 12.2. The summed E-state index contributed by atoms with van der Waals surface area (Å²) in [4.78, 5) is 12.3. The van der Waals surface area contributed by atoms with Crippen LogP contribution in [0.5, 0.6) is 5.75 Å². The fraction of sp³-hybridized carbons (Fsp3) is 0.483. The van der Waals surface area contributed by atoms with Crippen LogP contribution >= 0.6 is 0 Å². The van der Waals surface area contributed by atoms with Gasteiger partial charge in [0.05, 0.1) is 12.2 Å². The maximum atomic E-state index is 12.3. The van der Waals surface area contributed by atoms with Crippen LogP contribution in [0, 0.1) is 35.5 Å². The van der Waals surface area contributed by atoms with E-state index in [-0.39, 0.29) is 5.41 Å². The second kappa shape index (κ2) is 7.69. The van der Waals surface area contributed by atoms with Crippen LogP contribution in [0.1, 0.15) is 78.4 Å². The van der Waals surface area contributed by atoms with E-state index in [0.717, 1.165) is 60.5 Å². The van der Waals surface area contributed by atoms with Crippen molar-refractivity contribution in [2.24, 2.45) is 23.7 Å². The molecule has 0 radical (unpaired) electrons. The molecule has 3 nitrogen and oxygen atoms in total. The van der Waals surface area contributed by atoms with E-state index in [1.165, 1.54) is 32.1 Å². The van der Waals surface area contributed by atoms with Gasteiger partial charge in [-0.05, 0) is 99.3 Å². The van der Waals surface area contributed by atoms with E-state index in [9.17, 15) is 9.90 Å². The summed E-state index contributed by atoms with van der Waals surface area (Å²) in [5.74, 6) is 9.54. The van der Waals surface area contributed by atoms with Gasteiger partial charge in [-0.25, -0.2) is 4.79 Å². The standard InChI is InChI=1S/C29H30O3/c30-28(31)25-10-11-26(32-18-20-6-7-20)27(24(25)9-8-19-4-2-1-3-5-19)29-15-21-12-22(16-29)14-23(13-21)17-29/h1-5,10-11,20-23H,6-7,12-18H2,(H,30,31). The van der Waals surface area contributed by atoms with Gasteiger partial charge in [-0.3, -0.25) is 0 Å². The molecule has 0 unspecified atom stereocenters. The van der Waals surface area contributed by atoms with Gasteiger partial charge >= 0.3 is 5.97 Å². The monoisotopic (exact) mass is 426 g/mol. The van der Waals surface area contributed by atoms with Crippen LogP contribution in [-0.4, -0.2) is 17.7 Å². The zero-order valence-electron chi connectivity index (χ0n) is 18.5. The third kappa shape index (κ3) is 3.60. The van der Waals surface area contributed by atoms with Gasteiger partial charge in [0, 0.05) is 22.1 Å². The quantitative estimate of drug-likeness (QED) is 0.593. The Morgan fingerprint density at radius 2 is 1.59 bits per heavy atom. The molecule has 0 saturated heterocycles. The lowest BCUT2D eigenvalue weighted by Gasteiger charge is -2.57. The molecule has 1 N–H and O–H groups in total. The summed E-state index contributed by atoms with van der Waals surface area (Å²) in [5.41, 5.74) is 3.04. The molecule has 5 fully saturated rings. The summed E-state index contributed by atoms with van der Waals surface area (Å²) >= 11 is 0. The van der Waals surface area contributed by atoms with Crippen molar-refractivity contribution in [1.82, 2.24) is 0 Å². The molecular formula is C29H30O3. The molecule has 0 spiro atoms. The van der Waals surface area contributed by atoms with Gasteiger partial charge in [0.25, 0.3) is 0 Å². The van der Waals surface area contributed by atoms with Crippen LogP contribution in [-0.2, 0) is 5.41 Å². The summed E-state index contributed by atoms with van der Waals surface area (Å²) in [5, 5.41) is 10.1. The molecule has 2 aromatic rings. The average Bonchev–Trinajstić information content (AvgIpc) is 3.60. The van der Waals surface area contributed by atoms with E-state index in [2.05, 4.69) is 11.8 Å². The molecule has 5 saturated carbocycles. The molecule has 7 rings (SSSR count). The van der Waals surface area contributed by atoms with Gasteiger partial charge in [0.1, 0.15) is 5.75 Å². The third-order valence-electron chi connectivity index (χ3n) is 8.24. The minimum Gasteiger partial charge on any atom is -0.493 e. The number of carbonyl (C=O) groups is 1. The summed E-state index contributed by atoms with van der Waals surface area (Å²) in [7, 11) is 0. The van der Waals surface area contributed by atoms with Crippen molar-refractivity contribution in [2.45, 2.75) is 56.8 Å². The zero-order chi connectivity index (χ0) is 21.7. The predicted molar refractivity (Wildman–Crippen MR) is 124 cm³/mol. The van der Waals surface area contributed by atoms with E-state index in [0.29, 0.717) is 17.0 Å². The maximum absolute atomic E-state index is 12.3. The van der Waals surface area contributed by atoms with Gasteiger partial charge < -0.3 is 9.84 Å². The molecule has 0 aliphatic heterocycles. The van der Waals surface area contributed by atoms with E-state index in [1.807, 2.05) is 36.4 Å². The number of rotatable bonds is 5. The van der Waals surface area contributed by atoms with Gasteiger partial charge in [-0.15, -0.1) is 0 Å². The molecule has 0 aromatic heterocycles. The summed E-state index contributed by atoms with van der Waals surface area (Å²) in [6, 6.07) is 13.5. The molecule has 0 heterocycles. The van der Waals surface area contributed by atoms with Crippen LogP contribution in [0.25, 0.3) is 0 Å². The largest absolute Gasteiger partial charge is 0.493 e. The third-order valence-corrected chi connectivity index (χ3v) is 8.24. The summed E-state index contributed by atoms with van der Waals surface area (Å²) < 4.78 is 6.42. The van der Waals surface area contributed by atoms with E-state index in [4.69, 9.17) is 4.74 Å². The number of hydrogen-bond donors (Lipinski definition) is 1. The molecule has 5 aliphatic carbocycles. The Hall–Kier alpha value is -2.73. The number of ether oxygens (including phenoxy) is 1. The topological polar surface area (TPSA) is 46.5 Å². The second-order valence-corrected chi connectivity index (χ2v) is 10.7. The molecule has 4 bridgehead atoms. The Labute approximate surface area is 190 Å². The maximum Gasteiger partial charge on any atom is 0.336 e. The van der Waals surface area contributed by atoms with Crippen molar-refractivity contribution in [1.29, 1.82) is 0 Å². The van der Waals surface area contributed by atoms with Crippen LogP contribution in [0.4, 0.5) is 0 Å². The molecular weight excluding hydrogens is 396 g/mol. The first kappa shape index (κ1) is 19.9. The summed E-state index contributed by atoms with van der Waals surface area (Å²) in [6.45, 7) is 0.733. The normalized spacial score (nSPS) is 29.9. The highest BCUT2D eigenvalue weighted by Crippen LogP contribution is 2.62. The number of benzene rings is 2. The second-order valence-electron chi connectivity index (χ2n) is 10.7. The van der Waals surface area contributed by atoms with Crippen molar-refractivity contribution in [3.05, 3.63) is 64.7 Å². The fourth-order valence-electron chi connectivity index (χ4n) is 7.10. The lowest BCUT2D eigenvalue weighted by Crippen LogP contribution is -2.49. The van der Waals surface area contributed by atoms with Crippen molar-refractivity contribution in [3.8, 4) is 17.6 Å². The number of carboxylic acids is 1. The van der Waals surface area contributed by atoms with E-state index in [1.54, 1.807) is 6.07 Å². The van der Waals surface area contributed by atoms with Crippen molar-refractivity contribution < 1.29 is 14.6 Å². The average molecular weight is 427 g/mol. The molecule has 5 aliphatic rings. The van der Waals surface area contributed by atoms with Gasteiger partial charge in [0.15, 0.2) is 0 Å². The van der Waals surface area contributed by atoms with Crippen LogP contribution in [0.15, 0.2) is 42.5 Å². The number of aromatic carboxylic acids is 1. The van der Waals surface area contributed by atoms with Crippen molar-refractivity contribution >= 4 is 5.97 Å². The van der Waals surface area contributed by atoms with E-state index >= 15 is 0 Å². The highest BCUT2D eigenvalue weighted by atomic mass is 16.5. The van der Waals surface area contributed by atoms with Crippen LogP contribution in [0.3, 0.4) is 0 Å². The highest BCUT2D eigenvalue weighted by Gasteiger charge is 2.53. The van der Waals surface area contributed by atoms with Gasteiger partial charge in [-0.1, -0.05) is 30.0 Å². The minimum absolute atomic E-state index is 0.0137. The lowest BCUT2D eigenvalue weighted by molar-refractivity contribution is -0.00657. The minimum atomic E-state index is -0.901. The smallest absolute Gasteiger partial charge is 0.336 e. The Morgan fingerprint density at radius 3 is 2.19 bits per heavy atom. The number of carboxylic acid groups (broad SMARTS) is 1. The van der Waals surface area contributed by atoms with Crippen LogP contribution < -0.4 is 4.74 Å². The fourth-order valence-corrected chi connectivity index (χ4v) is 7.10. The Balaban J connectivity index is 1.52. The molecule has 2 aromatic carbocycles. The zero-order valence-corrected chi connectivity index (χ0v) is 18.5. The summed E-state index contributed by atoms with van der Waals surface area (Å²) in [6.07, 6.45) is 9.98. The Morgan fingerprint density at radius 1 is 0.938 bits per heavy atom. The first-order chi connectivity index (χ1) is 15.6. The van der Waals surface area contributed by atoms with Crippen molar-refractivity contribution in [2.75, 3.05) is 6.61 Å². The molecule has 32 heavy (non-hydrogen) atoms. The van der Waals surface area contributed by atoms with Gasteiger partial charge in [-0.2, -0.15) is 0 Å². The van der Waals surface area contributed by atoms with Crippen LogP contribution in [0.2, 0.25) is 0 Å². The lowest BCUT2D eigenvalue weighted by atomic mass is 9.47. The molecule has 164 valence electrons. The van der Waals surface area contributed by atoms with E-state index < -0.39 is 5.97 Å². The molecule has 0 atom stereocenters. The Kier molecular flexibility index (Phi) is 4.79. The highest BCUT2D eigenvalue weighted by molar-refractivity contribution is 5.92. The Bertz CT molecular complexity index is 1070. The first-order valence-electron chi connectivity index (χ1n) is 12.2. The van der Waals surface area contributed by atoms with Gasteiger partial charge in [0.2, 0.25) is 0 Å². The molecule has 3 heteroatoms. The number of hydrogen-bond acceptors (Lipinski definition) is 2. The predicted octanol–water partition coefficient (Wildman–Crippen LogP) is 6.04.